The molecule has 0 aromatic heterocycles. The lowest BCUT2D eigenvalue weighted by Crippen LogP contribution is -2.58. The second-order valence-electron chi connectivity index (χ2n) is 8.34. The Balaban J connectivity index is 0.00000324. The van der Waals surface area contributed by atoms with Gasteiger partial charge in [0.05, 0.1) is 0 Å². The number of nitrogens with zero attached hydrogens (tertiary/aromatic N) is 1. The zero-order chi connectivity index (χ0) is 14.4. The largest absolute Gasteiger partial charge is 0.344 e. The summed E-state index contributed by atoms with van der Waals surface area (Å²) in [7, 11) is 2.21. The Morgan fingerprint density at radius 2 is 1.47 bits per heavy atom. The van der Waals surface area contributed by atoms with E-state index < -0.39 is 0 Å². The van der Waals surface area contributed by atoms with Crippen LogP contribution in [-0.2, 0) is 4.79 Å². The summed E-state index contributed by atoms with van der Waals surface area (Å²) in [4.78, 5) is 14.7. The van der Waals surface area contributed by atoms with Crippen molar-refractivity contribution in [3.8, 4) is 0 Å². The molecule has 0 aromatic carbocycles. The van der Waals surface area contributed by atoms with Crippen LogP contribution >= 0.6 is 0 Å². The quantitative estimate of drug-likeness (QED) is 0.823. The summed E-state index contributed by atoms with van der Waals surface area (Å²) >= 11 is 0. The van der Waals surface area contributed by atoms with Crippen LogP contribution in [0.25, 0.3) is 0 Å². The third-order valence-corrected chi connectivity index (χ3v) is 4.70. The number of hydrogen-bond donors (Lipinski definition) is 1. The molecule has 19 heavy (non-hydrogen) atoms. The first kappa shape index (κ1) is 18.6. The van der Waals surface area contributed by atoms with E-state index >= 15 is 0 Å². The van der Waals surface area contributed by atoms with Gasteiger partial charge in [-0.1, -0.05) is 20.8 Å². The average molecular weight is 270 g/mol. The Hall–Kier alpha value is -0.410. The fourth-order valence-electron chi connectivity index (χ4n) is 3.29. The van der Waals surface area contributed by atoms with Gasteiger partial charge in [0.1, 0.15) is 5.78 Å². The highest BCUT2D eigenvalue weighted by Crippen LogP contribution is 2.42. The molecule has 3 heteroatoms. The van der Waals surface area contributed by atoms with Crippen LogP contribution in [0.4, 0.5) is 0 Å². The monoisotopic (exact) mass is 270 g/mol. The van der Waals surface area contributed by atoms with Gasteiger partial charge in [-0.05, 0) is 53.5 Å². The lowest BCUT2D eigenvalue weighted by Gasteiger charge is -2.54. The van der Waals surface area contributed by atoms with E-state index in [0.717, 1.165) is 19.3 Å². The molecule has 0 radical (unpaired) electrons. The molecule has 1 heterocycles. The van der Waals surface area contributed by atoms with Crippen molar-refractivity contribution in [1.82, 2.24) is 11.1 Å². The maximum absolute atomic E-state index is 12.2. The van der Waals surface area contributed by atoms with Crippen molar-refractivity contribution in [1.29, 1.82) is 0 Å². The van der Waals surface area contributed by atoms with Crippen LogP contribution in [0.5, 0.6) is 0 Å². The molecule has 0 unspecified atom stereocenters. The summed E-state index contributed by atoms with van der Waals surface area (Å²) in [6, 6.07) is 0. The minimum atomic E-state index is -0.197. The standard InChI is InChI=1S/C16H31NO.H3N/c1-14(2,3)13(18)9-12-10-15(4,5)17(8)16(6,7)11-12;/h12H,9-11H2,1-8H3;1H3. The molecule has 114 valence electrons. The first-order chi connectivity index (χ1) is 7.86. The SMILES string of the molecule is CN1C(C)(C)CC(CC(=O)C(C)(C)C)CC1(C)C.N. The van der Waals surface area contributed by atoms with E-state index in [0.29, 0.717) is 11.7 Å². The van der Waals surface area contributed by atoms with Crippen molar-refractivity contribution in [2.75, 3.05) is 7.05 Å². The number of likely N-dealkylation sites (tertiary alicyclic amines) is 1. The van der Waals surface area contributed by atoms with Crippen LogP contribution < -0.4 is 6.15 Å². The fraction of sp³-hybridized carbons (Fsp3) is 0.938. The molecule has 1 fully saturated rings. The molecule has 1 aliphatic rings. The predicted octanol–water partition coefficient (Wildman–Crippen LogP) is 4.05. The van der Waals surface area contributed by atoms with E-state index in [2.05, 4.69) is 39.6 Å². The molecule has 0 aromatic rings. The fourth-order valence-corrected chi connectivity index (χ4v) is 3.29. The molecule has 0 saturated carbocycles. The number of rotatable bonds is 2. The first-order valence-corrected chi connectivity index (χ1v) is 7.13. The van der Waals surface area contributed by atoms with E-state index in [4.69, 9.17) is 0 Å². The second kappa shape index (κ2) is 5.53. The Labute approximate surface area is 119 Å². The highest BCUT2D eigenvalue weighted by molar-refractivity contribution is 5.83. The topological polar surface area (TPSA) is 55.3 Å². The Morgan fingerprint density at radius 3 is 1.79 bits per heavy atom. The van der Waals surface area contributed by atoms with Gasteiger partial charge in [-0.3, -0.25) is 9.69 Å². The van der Waals surface area contributed by atoms with Gasteiger partial charge >= 0.3 is 0 Å². The van der Waals surface area contributed by atoms with Gasteiger partial charge in [0, 0.05) is 22.9 Å². The predicted molar refractivity (Wildman–Crippen MR) is 82.7 cm³/mol. The lowest BCUT2D eigenvalue weighted by atomic mass is 9.71. The van der Waals surface area contributed by atoms with Crippen LogP contribution in [0.2, 0.25) is 0 Å². The highest BCUT2D eigenvalue weighted by atomic mass is 16.1. The van der Waals surface area contributed by atoms with Gasteiger partial charge in [0.2, 0.25) is 0 Å². The van der Waals surface area contributed by atoms with Gasteiger partial charge < -0.3 is 6.15 Å². The number of Topliss-reactive ketones (excluding diaryl/α,β-unsaturated/α-hetero) is 1. The number of ketones is 1. The molecule has 0 amide bonds. The normalized spacial score (nSPS) is 23.8. The molecule has 1 saturated heterocycles. The molecule has 1 rings (SSSR count). The molecule has 0 spiro atoms. The highest BCUT2D eigenvalue weighted by Gasteiger charge is 2.43. The van der Waals surface area contributed by atoms with Gasteiger partial charge in [-0.15, -0.1) is 0 Å². The second-order valence-corrected chi connectivity index (χ2v) is 8.34. The summed E-state index contributed by atoms with van der Waals surface area (Å²) < 4.78 is 0. The summed E-state index contributed by atoms with van der Waals surface area (Å²) in [5.41, 5.74) is 0.173. The maximum atomic E-state index is 12.2. The molecule has 1 aliphatic heterocycles. The Morgan fingerprint density at radius 1 is 1.11 bits per heavy atom. The van der Waals surface area contributed by atoms with Gasteiger partial charge in [0.25, 0.3) is 0 Å². The first-order valence-electron chi connectivity index (χ1n) is 7.13. The van der Waals surface area contributed by atoms with E-state index in [1.165, 1.54) is 0 Å². The summed E-state index contributed by atoms with van der Waals surface area (Å²) in [6.07, 6.45) is 2.98. The van der Waals surface area contributed by atoms with Gasteiger partial charge in [-0.2, -0.15) is 0 Å². The smallest absolute Gasteiger partial charge is 0.138 e. The summed E-state index contributed by atoms with van der Waals surface area (Å²) in [5.74, 6) is 0.932. The number of carbonyl (C=O) groups excluding carboxylic acids is 1. The Kier molecular flexibility index (Phi) is 5.41. The third kappa shape index (κ3) is 4.28. The van der Waals surface area contributed by atoms with Crippen molar-refractivity contribution in [3.63, 3.8) is 0 Å². The molecular formula is C16H34N2O. The third-order valence-electron chi connectivity index (χ3n) is 4.70. The van der Waals surface area contributed by atoms with E-state index in [1.807, 2.05) is 20.8 Å². The van der Waals surface area contributed by atoms with Crippen molar-refractivity contribution in [3.05, 3.63) is 0 Å². The zero-order valence-corrected chi connectivity index (χ0v) is 14.3. The lowest BCUT2D eigenvalue weighted by molar-refractivity contribution is -0.129. The van der Waals surface area contributed by atoms with Gasteiger partial charge in [-0.25, -0.2) is 0 Å². The van der Waals surface area contributed by atoms with Gasteiger partial charge in [0.15, 0.2) is 0 Å². The molecular weight excluding hydrogens is 236 g/mol. The molecule has 0 bridgehead atoms. The molecule has 0 aliphatic carbocycles. The minimum Gasteiger partial charge on any atom is -0.344 e. The van der Waals surface area contributed by atoms with Crippen LogP contribution in [0.3, 0.4) is 0 Å². The molecule has 0 atom stereocenters. The molecule has 3 nitrogen and oxygen atoms in total. The number of piperidine rings is 1. The average Bonchev–Trinajstić information content (AvgIpc) is 2.11. The van der Waals surface area contributed by atoms with Crippen molar-refractivity contribution < 1.29 is 4.79 Å². The Bertz CT molecular complexity index is 308. The van der Waals surface area contributed by atoms with Crippen LogP contribution in [-0.4, -0.2) is 28.8 Å². The van der Waals surface area contributed by atoms with E-state index in [9.17, 15) is 4.79 Å². The zero-order valence-electron chi connectivity index (χ0n) is 14.3. The van der Waals surface area contributed by atoms with Crippen molar-refractivity contribution >= 4 is 5.78 Å². The van der Waals surface area contributed by atoms with Crippen LogP contribution in [0, 0.1) is 11.3 Å². The van der Waals surface area contributed by atoms with Crippen LogP contribution in [0.1, 0.15) is 67.7 Å². The summed E-state index contributed by atoms with van der Waals surface area (Å²) in [5, 5.41) is 0. The maximum Gasteiger partial charge on any atom is 0.138 e. The minimum absolute atomic E-state index is 0. The number of hydrogen-bond acceptors (Lipinski definition) is 3. The van der Waals surface area contributed by atoms with E-state index in [1.54, 1.807) is 0 Å². The van der Waals surface area contributed by atoms with Crippen LogP contribution in [0.15, 0.2) is 0 Å². The molecule has 3 N–H and O–H groups in total. The van der Waals surface area contributed by atoms with Crippen molar-refractivity contribution in [2.45, 2.75) is 78.8 Å². The van der Waals surface area contributed by atoms with E-state index in [-0.39, 0.29) is 22.6 Å². The summed E-state index contributed by atoms with van der Waals surface area (Å²) in [6.45, 7) is 15.3. The number of carbonyl (C=O) groups is 1. The van der Waals surface area contributed by atoms with Crippen molar-refractivity contribution in [2.24, 2.45) is 11.3 Å².